The molecule has 148 valence electrons. The van der Waals surface area contributed by atoms with Gasteiger partial charge in [-0.1, -0.05) is 66.2 Å². The molecule has 1 aliphatic rings. The molecule has 0 unspecified atom stereocenters. The number of ketones is 1. The number of benzene rings is 2. The maximum Gasteiger partial charge on any atom is 0.197 e. The van der Waals surface area contributed by atoms with Crippen molar-refractivity contribution in [2.75, 3.05) is 6.61 Å². The van der Waals surface area contributed by atoms with Crippen LogP contribution >= 0.6 is 23.2 Å². The monoisotopic (exact) mass is 446 g/mol. The quantitative estimate of drug-likeness (QED) is 0.504. The van der Waals surface area contributed by atoms with Crippen LogP contribution in [0.1, 0.15) is 11.1 Å². The summed E-state index contributed by atoms with van der Waals surface area (Å²) in [5.74, 6) is 0.162. The lowest BCUT2D eigenvalue weighted by Gasteiger charge is -2.17. The lowest BCUT2D eigenvalue weighted by atomic mass is 9.90. The van der Waals surface area contributed by atoms with Gasteiger partial charge in [-0.05, 0) is 47.1 Å². The van der Waals surface area contributed by atoms with Crippen molar-refractivity contribution in [3.63, 3.8) is 0 Å². The number of carbonyl (C=O) groups excluding carboxylic acids is 1. The predicted molar refractivity (Wildman–Crippen MR) is 116 cm³/mol. The zero-order valence-electron chi connectivity index (χ0n) is 15.1. The van der Waals surface area contributed by atoms with Gasteiger partial charge in [0.05, 0.1) is 15.0 Å². The van der Waals surface area contributed by atoms with E-state index in [1.165, 1.54) is 18.2 Å². The van der Waals surface area contributed by atoms with E-state index in [1.54, 1.807) is 48.6 Å². The van der Waals surface area contributed by atoms with Gasteiger partial charge in [-0.25, -0.2) is 8.42 Å². The Balaban J connectivity index is 2.26. The molecule has 0 N–H and O–H groups in total. The van der Waals surface area contributed by atoms with Gasteiger partial charge in [0, 0.05) is 5.56 Å². The molecule has 0 bridgehead atoms. The topological polar surface area (TPSA) is 60.4 Å². The van der Waals surface area contributed by atoms with Crippen molar-refractivity contribution in [2.24, 2.45) is 0 Å². The molecule has 7 heteroatoms. The average molecular weight is 447 g/mol. The van der Waals surface area contributed by atoms with E-state index in [9.17, 15) is 13.2 Å². The minimum Gasteiger partial charge on any atom is -0.488 e. The van der Waals surface area contributed by atoms with E-state index in [2.05, 4.69) is 6.58 Å². The van der Waals surface area contributed by atoms with Gasteiger partial charge in [0.15, 0.2) is 16.5 Å². The van der Waals surface area contributed by atoms with Gasteiger partial charge < -0.3 is 4.74 Å². The van der Waals surface area contributed by atoms with Crippen molar-refractivity contribution in [3.05, 3.63) is 100 Å². The standard InChI is InChI=1S/C22H16Cl2O4S/c1-2-11-28-20-10-8-15(13-18(20)24)22(14-7-9-19(25)17(23)12-14)16-5-3-4-6-21(16)29(26)27/h2-10,12-13,29H,1,11H2/b22-14-. The van der Waals surface area contributed by atoms with Gasteiger partial charge in [0.25, 0.3) is 0 Å². The second-order valence-electron chi connectivity index (χ2n) is 6.04. The number of carbonyl (C=O) groups is 1. The van der Waals surface area contributed by atoms with Crippen molar-refractivity contribution in [1.29, 1.82) is 0 Å². The third-order valence-electron chi connectivity index (χ3n) is 4.17. The van der Waals surface area contributed by atoms with E-state index < -0.39 is 10.7 Å². The molecule has 0 amide bonds. The number of rotatable bonds is 6. The minimum absolute atomic E-state index is 0.0426. The molecule has 0 aromatic heterocycles. The predicted octanol–water partition coefficient (Wildman–Crippen LogP) is 4.94. The molecule has 4 nitrogen and oxygen atoms in total. The Kier molecular flexibility index (Phi) is 6.75. The van der Waals surface area contributed by atoms with Crippen LogP contribution in [0.2, 0.25) is 5.02 Å². The van der Waals surface area contributed by atoms with E-state index in [-0.39, 0.29) is 15.7 Å². The van der Waals surface area contributed by atoms with E-state index in [1.807, 2.05) is 0 Å². The largest absolute Gasteiger partial charge is 0.488 e. The summed E-state index contributed by atoms with van der Waals surface area (Å²) < 4.78 is 29.2. The smallest absolute Gasteiger partial charge is 0.197 e. The van der Waals surface area contributed by atoms with Crippen LogP contribution in [0.15, 0.2) is 88.8 Å². The molecule has 1 aliphatic carbocycles. The molecule has 2 aromatic rings. The molecule has 2 aromatic carbocycles. The lowest BCUT2D eigenvalue weighted by molar-refractivity contribution is -0.110. The molecule has 0 fully saturated rings. The van der Waals surface area contributed by atoms with Crippen molar-refractivity contribution >= 4 is 45.3 Å². The lowest BCUT2D eigenvalue weighted by Crippen LogP contribution is -2.02. The maximum absolute atomic E-state index is 11.8. The van der Waals surface area contributed by atoms with Crippen LogP contribution in [0.5, 0.6) is 5.75 Å². The fourth-order valence-electron chi connectivity index (χ4n) is 2.90. The summed E-state index contributed by atoms with van der Waals surface area (Å²) in [4.78, 5) is 11.9. The Morgan fingerprint density at radius 2 is 1.86 bits per heavy atom. The molecule has 0 saturated carbocycles. The van der Waals surface area contributed by atoms with E-state index in [0.29, 0.717) is 39.7 Å². The first-order valence-electron chi connectivity index (χ1n) is 8.53. The fourth-order valence-corrected chi connectivity index (χ4v) is 3.91. The molecule has 0 atom stereocenters. The van der Waals surface area contributed by atoms with Crippen molar-refractivity contribution in [3.8, 4) is 5.75 Å². The minimum atomic E-state index is -2.85. The zero-order valence-corrected chi connectivity index (χ0v) is 17.5. The van der Waals surface area contributed by atoms with Crippen molar-refractivity contribution in [2.45, 2.75) is 4.90 Å². The highest BCUT2D eigenvalue weighted by atomic mass is 35.5. The van der Waals surface area contributed by atoms with Gasteiger partial charge in [0.1, 0.15) is 12.4 Å². The molecule has 29 heavy (non-hydrogen) atoms. The van der Waals surface area contributed by atoms with Gasteiger partial charge in [-0.3, -0.25) is 4.79 Å². The normalized spacial score (nSPS) is 15.3. The highest BCUT2D eigenvalue weighted by Gasteiger charge is 2.19. The van der Waals surface area contributed by atoms with Crippen molar-refractivity contribution in [1.82, 2.24) is 0 Å². The SMILES string of the molecule is C=CCOc1ccc(/C(=C2\C=CC(=O)C(Cl)=C2)c2ccccc2[SH](=O)=O)cc1Cl. The van der Waals surface area contributed by atoms with Gasteiger partial charge in [0.2, 0.25) is 0 Å². The van der Waals surface area contributed by atoms with E-state index in [4.69, 9.17) is 27.9 Å². The number of thiol groups is 1. The molecule has 0 heterocycles. The maximum atomic E-state index is 11.8. The van der Waals surface area contributed by atoms with Crippen LogP contribution in [-0.2, 0) is 15.5 Å². The highest BCUT2D eigenvalue weighted by Crippen LogP contribution is 2.36. The summed E-state index contributed by atoms with van der Waals surface area (Å²) in [5.41, 5.74) is 2.31. The Morgan fingerprint density at radius 3 is 2.52 bits per heavy atom. The summed E-state index contributed by atoms with van der Waals surface area (Å²) in [6, 6.07) is 11.8. The summed E-state index contributed by atoms with van der Waals surface area (Å²) in [6.45, 7) is 3.91. The number of hydrogen-bond donors (Lipinski definition) is 1. The van der Waals surface area contributed by atoms with Crippen LogP contribution < -0.4 is 4.74 Å². The zero-order chi connectivity index (χ0) is 21.0. The second-order valence-corrected chi connectivity index (χ2v) is 7.85. The first kappa shape index (κ1) is 21.1. The van der Waals surface area contributed by atoms with Crippen LogP contribution in [0.25, 0.3) is 5.57 Å². The Labute approximate surface area is 180 Å². The second kappa shape index (κ2) is 9.27. The summed E-state index contributed by atoms with van der Waals surface area (Å²) in [5, 5.41) is 0.401. The molecule has 0 saturated heterocycles. The number of ether oxygens (including phenoxy) is 1. The van der Waals surface area contributed by atoms with Crippen LogP contribution in [-0.4, -0.2) is 20.8 Å². The summed E-state index contributed by atoms with van der Waals surface area (Å²) in [6.07, 6.45) is 6.08. The number of allylic oxidation sites excluding steroid dienone is 5. The summed E-state index contributed by atoms with van der Waals surface area (Å²) >= 11 is 12.4. The van der Waals surface area contributed by atoms with Crippen molar-refractivity contribution < 1.29 is 17.9 Å². The van der Waals surface area contributed by atoms with Crippen LogP contribution in [0.3, 0.4) is 0 Å². The molecule has 3 rings (SSSR count). The molecule has 0 spiro atoms. The number of halogens is 2. The first-order chi connectivity index (χ1) is 13.9. The van der Waals surface area contributed by atoms with E-state index >= 15 is 0 Å². The third kappa shape index (κ3) is 4.70. The van der Waals surface area contributed by atoms with Crippen LogP contribution in [0.4, 0.5) is 0 Å². The van der Waals surface area contributed by atoms with Gasteiger partial charge in [-0.15, -0.1) is 0 Å². The Hall–Kier alpha value is -2.60. The highest BCUT2D eigenvalue weighted by molar-refractivity contribution is 7.72. The summed E-state index contributed by atoms with van der Waals surface area (Å²) in [7, 11) is -2.85. The fraction of sp³-hybridized carbons (Fsp3) is 0.0455. The first-order valence-corrected chi connectivity index (χ1v) is 10.5. The molecular weight excluding hydrogens is 431 g/mol. The van der Waals surface area contributed by atoms with Gasteiger partial charge >= 0.3 is 0 Å². The van der Waals surface area contributed by atoms with E-state index in [0.717, 1.165) is 0 Å². The van der Waals surface area contributed by atoms with Crippen LogP contribution in [0, 0.1) is 0 Å². The molecule has 0 aliphatic heterocycles. The average Bonchev–Trinajstić information content (AvgIpc) is 2.70. The molecule has 0 radical (unpaired) electrons. The molecular formula is C22H16Cl2O4S. The number of hydrogen-bond acceptors (Lipinski definition) is 4. The third-order valence-corrected chi connectivity index (χ3v) is 5.54. The van der Waals surface area contributed by atoms with Gasteiger partial charge in [-0.2, -0.15) is 0 Å². The Morgan fingerprint density at radius 1 is 1.10 bits per heavy atom. The Bertz CT molecular complexity index is 1150.